The Hall–Kier alpha value is -3.60. The van der Waals surface area contributed by atoms with E-state index in [1.807, 2.05) is 43.3 Å². The van der Waals surface area contributed by atoms with Crippen LogP contribution in [0.5, 0.6) is 5.75 Å². The summed E-state index contributed by atoms with van der Waals surface area (Å²) in [7, 11) is 0. The Kier molecular flexibility index (Phi) is 9.15. The number of imidazole rings is 1. The fourth-order valence-corrected chi connectivity index (χ4v) is 4.47. The molecular formula is C31H37N3O2. The fourth-order valence-electron chi connectivity index (χ4n) is 4.47. The number of amides is 1. The van der Waals surface area contributed by atoms with Crippen molar-refractivity contribution in [2.24, 2.45) is 0 Å². The van der Waals surface area contributed by atoms with Crippen molar-refractivity contribution in [3.05, 3.63) is 95.3 Å². The number of aromatic nitrogens is 2. The minimum absolute atomic E-state index is 0.0150. The number of aryl methyl sites for hydroxylation is 4. The highest BCUT2D eigenvalue weighted by Crippen LogP contribution is 2.19. The average molecular weight is 484 g/mol. The molecule has 4 rings (SSSR count). The monoisotopic (exact) mass is 483 g/mol. The molecule has 0 unspecified atom stereocenters. The van der Waals surface area contributed by atoms with Gasteiger partial charge in [0.1, 0.15) is 11.6 Å². The van der Waals surface area contributed by atoms with Gasteiger partial charge in [-0.05, 0) is 75.4 Å². The number of carbonyl (C=O) groups is 1. The highest BCUT2D eigenvalue weighted by Gasteiger charge is 2.11. The van der Waals surface area contributed by atoms with E-state index in [-0.39, 0.29) is 5.91 Å². The van der Waals surface area contributed by atoms with Crippen molar-refractivity contribution in [1.29, 1.82) is 0 Å². The van der Waals surface area contributed by atoms with E-state index in [9.17, 15) is 4.79 Å². The lowest BCUT2D eigenvalue weighted by molar-refractivity contribution is 0.0952. The van der Waals surface area contributed by atoms with E-state index in [0.29, 0.717) is 6.54 Å². The van der Waals surface area contributed by atoms with Gasteiger partial charge in [-0.1, -0.05) is 54.4 Å². The van der Waals surface area contributed by atoms with E-state index in [0.717, 1.165) is 79.9 Å². The Labute approximate surface area is 214 Å². The molecule has 1 N–H and O–H groups in total. The molecule has 1 aromatic heterocycles. The lowest BCUT2D eigenvalue weighted by Gasteiger charge is -2.11. The number of rotatable bonds is 13. The van der Waals surface area contributed by atoms with Crippen molar-refractivity contribution >= 4 is 16.9 Å². The number of hydrogen-bond acceptors (Lipinski definition) is 3. The molecule has 0 radical (unpaired) electrons. The van der Waals surface area contributed by atoms with Gasteiger partial charge in [0.25, 0.3) is 5.91 Å². The first-order chi connectivity index (χ1) is 17.6. The molecule has 5 nitrogen and oxygen atoms in total. The van der Waals surface area contributed by atoms with Gasteiger partial charge in [0, 0.05) is 25.1 Å². The zero-order valence-electron chi connectivity index (χ0n) is 21.5. The number of para-hydroxylation sites is 2. The summed E-state index contributed by atoms with van der Waals surface area (Å²) in [5, 5.41) is 3.05. The van der Waals surface area contributed by atoms with E-state index < -0.39 is 0 Å². The van der Waals surface area contributed by atoms with Crippen molar-refractivity contribution in [3.63, 3.8) is 0 Å². The van der Waals surface area contributed by atoms with Crippen LogP contribution >= 0.6 is 0 Å². The first-order valence-electron chi connectivity index (χ1n) is 13.1. The Bertz CT molecular complexity index is 1260. The number of fused-ring (bicyclic) bond motifs is 1. The van der Waals surface area contributed by atoms with Crippen molar-refractivity contribution in [2.75, 3.05) is 13.2 Å². The molecule has 0 aliphatic heterocycles. The maximum absolute atomic E-state index is 12.4. The smallest absolute Gasteiger partial charge is 0.251 e. The van der Waals surface area contributed by atoms with E-state index in [1.54, 1.807) is 0 Å². The van der Waals surface area contributed by atoms with Crippen LogP contribution in [0.1, 0.15) is 59.4 Å². The lowest BCUT2D eigenvalue weighted by Crippen LogP contribution is -2.25. The molecule has 0 aliphatic carbocycles. The Morgan fingerprint density at radius 3 is 2.47 bits per heavy atom. The van der Waals surface area contributed by atoms with Crippen LogP contribution in [0.4, 0.5) is 0 Å². The Balaban J connectivity index is 1.22. The molecule has 1 amide bonds. The molecule has 3 aromatic carbocycles. The van der Waals surface area contributed by atoms with E-state index >= 15 is 0 Å². The molecule has 0 fully saturated rings. The van der Waals surface area contributed by atoms with Crippen molar-refractivity contribution < 1.29 is 9.53 Å². The Morgan fingerprint density at radius 2 is 1.64 bits per heavy atom. The molecule has 0 saturated heterocycles. The van der Waals surface area contributed by atoms with Gasteiger partial charge in [-0.15, -0.1) is 0 Å². The van der Waals surface area contributed by atoms with Gasteiger partial charge in [0.05, 0.1) is 17.6 Å². The highest BCUT2D eigenvalue weighted by molar-refractivity contribution is 5.95. The van der Waals surface area contributed by atoms with E-state index in [2.05, 4.69) is 53.2 Å². The molecule has 4 aromatic rings. The first-order valence-corrected chi connectivity index (χ1v) is 13.1. The summed E-state index contributed by atoms with van der Waals surface area (Å²) in [6.07, 6.45) is 6.07. The number of nitrogens with zero attached hydrogens (tertiary/aromatic N) is 2. The van der Waals surface area contributed by atoms with Gasteiger partial charge in [0.15, 0.2) is 0 Å². The number of carbonyl (C=O) groups excluding carboxylic acids is 1. The van der Waals surface area contributed by atoms with Gasteiger partial charge in [-0.3, -0.25) is 4.79 Å². The second-order valence-electron chi connectivity index (χ2n) is 9.42. The number of ether oxygens (including phenoxy) is 1. The number of nitrogens with one attached hydrogen (secondary N) is 1. The van der Waals surface area contributed by atoms with Crippen LogP contribution in [0.15, 0.2) is 72.8 Å². The molecule has 0 spiro atoms. The van der Waals surface area contributed by atoms with Gasteiger partial charge < -0.3 is 14.6 Å². The summed E-state index contributed by atoms with van der Waals surface area (Å²) in [6, 6.07) is 24.3. The summed E-state index contributed by atoms with van der Waals surface area (Å²) >= 11 is 0. The summed E-state index contributed by atoms with van der Waals surface area (Å²) in [5.41, 5.74) is 5.28. The zero-order valence-corrected chi connectivity index (χ0v) is 21.5. The summed E-state index contributed by atoms with van der Waals surface area (Å²) < 4.78 is 8.27. The van der Waals surface area contributed by atoms with Crippen LogP contribution in [0.2, 0.25) is 0 Å². The molecular weight excluding hydrogens is 446 g/mol. The molecule has 1 heterocycles. The summed E-state index contributed by atoms with van der Waals surface area (Å²) in [4.78, 5) is 17.3. The molecule has 0 aliphatic rings. The topological polar surface area (TPSA) is 56.1 Å². The standard InChI is InChI=1S/C31H37N3O2/c1-24-17-19-26(20-18-24)36-23-11-10-22-34-29-15-8-7-14-28(29)33-30(34)16-4-3-9-21-32-31(35)27-13-6-5-12-25(27)2/h5-8,12-15,17-20H,3-4,9-11,16,21-23H2,1-2H3,(H,32,35). The van der Waals surface area contributed by atoms with Gasteiger partial charge in [0.2, 0.25) is 0 Å². The Morgan fingerprint density at radius 1 is 0.861 bits per heavy atom. The van der Waals surface area contributed by atoms with E-state index in [1.165, 1.54) is 11.1 Å². The third kappa shape index (κ3) is 6.97. The second kappa shape index (κ2) is 12.9. The van der Waals surface area contributed by atoms with Crippen LogP contribution in [-0.2, 0) is 13.0 Å². The predicted octanol–water partition coefficient (Wildman–Crippen LogP) is 6.66. The number of hydrogen-bond donors (Lipinski definition) is 1. The van der Waals surface area contributed by atoms with Crippen molar-refractivity contribution in [3.8, 4) is 5.75 Å². The maximum atomic E-state index is 12.4. The molecule has 0 atom stereocenters. The van der Waals surface area contributed by atoms with Crippen LogP contribution in [0, 0.1) is 13.8 Å². The third-order valence-corrected chi connectivity index (χ3v) is 6.55. The van der Waals surface area contributed by atoms with Crippen LogP contribution in [0.3, 0.4) is 0 Å². The average Bonchev–Trinajstić information content (AvgIpc) is 3.24. The molecule has 0 bridgehead atoms. The van der Waals surface area contributed by atoms with Crippen LogP contribution in [0.25, 0.3) is 11.0 Å². The number of benzene rings is 3. The minimum Gasteiger partial charge on any atom is -0.494 e. The predicted molar refractivity (Wildman–Crippen MR) is 147 cm³/mol. The summed E-state index contributed by atoms with van der Waals surface area (Å²) in [5.74, 6) is 2.10. The van der Waals surface area contributed by atoms with Crippen molar-refractivity contribution in [1.82, 2.24) is 14.9 Å². The largest absolute Gasteiger partial charge is 0.494 e. The SMILES string of the molecule is Cc1ccc(OCCCCn2c(CCCCCNC(=O)c3ccccc3C)nc3ccccc32)cc1. The lowest BCUT2D eigenvalue weighted by atomic mass is 10.1. The van der Waals surface area contributed by atoms with Crippen molar-refractivity contribution in [2.45, 2.75) is 58.9 Å². The second-order valence-corrected chi connectivity index (χ2v) is 9.42. The van der Waals surface area contributed by atoms with Gasteiger partial charge in [-0.25, -0.2) is 4.98 Å². The summed E-state index contributed by atoms with van der Waals surface area (Å²) in [6.45, 7) is 6.42. The number of unbranched alkanes of at least 4 members (excludes halogenated alkanes) is 3. The quantitative estimate of drug-likeness (QED) is 0.217. The normalized spacial score (nSPS) is 11.1. The maximum Gasteiger partial charge on any atom is 0.251 e. The van der Waals surface area contributed by atoms with E-state index in [4.69, 9.17) is 9.72 Å². The molecule has 0 saturated carbocycles. The van der Waals surface area contributed by atoms with Crippen LogP contribution in [-0.4, -0.2) is 28.6 Å². The highest BCUT2D eigenvalue weighted by atomic mass is 16.5. The third-order valence-electron chi connectivity index (χ3n) is 6.55. The zero-order chi connectivity index (χ0) is 25.2. The van der Waals surface area contributed by atoms with Gasteiger partial charge in [-0.2, -0.15) is 0 Å². The first kappa shape index (κ1) is 25.5. The van der Waals surface area contributed by atoms with Crippen LogP contribution < -0.4 is 10.1 Å². The molecule has 188 valence electrons. The van der Waals surface area contributed by atoms with Gasteiger partial charge >= 0.3 is 0 Å². The molecule has 36 heavy (non-hydrogen) atoms. The fraction of sp³-hybridized carbons (Fsp3) is 0.355. The minimum atomic E-state index is 0.0150. The molecule has 5 heteroatoms.